The average molecular weight is 157 g/mol. The van der Waals surface area contributed by atoms with E-state index >= 15 is 0 Å². The van der Waals surface area contributed by atoms with Crippen molar-refractivity contribution in [3.05, 3.63) is 22.7 Å². The van der Waals surface area contributed by atoms with Crippen molar-refractivity contribution in [2.45, 2.75) is 13.8 Å². The quantitative estimate of drug-likeness (QED) is 0.508. The summed E-state index contributed by atoms with van der Waals surface area (Å²) >= 11 is 0. The molecule has 0 saturated carbocycles. The zero-order chi connectivity index (χ0) is 5.28. The maximum atomic E-state index is 2.17. The third-order valence-corrected chi connectivity index (χ3v) is 2.20. The van der Waals surface area contributed by atoms with Crippen molar-refractivity contribution in [1.82, 2.24) is 0 Å². The number of rotatable bonds is 0. The molecule has 0 fully saturated rings. The Morgan fingerprint density at radius 1 is 1.75 bits per heavy atom. The fourth-order valence-corrected chi connectivity index (χ4v) is 1.28. The second-order valence-corrected chi connectivity index (χ2v) is 2.94. The molecule has 0 amide bonds. The first-order valence-corrected chi connectivity index (χ1v) is 3.32. The molecular formula is C6H9PSc-2. The van der Waals surface area contributed by atoms with Gasteiger partial charge >= 0.3 is 0 Å². The van der Waals surface area contributed by atoms with Gasteiger partial charge in [-0.1, -0.05) is 13.8 Å². The van der Waals surface area contributed by atoms with E-state index in [9.17, 15) is 0 Å². The van der Waals surface area contributed by atoms with Crippen LogP contribution in [0.5, 0.6) is 0 Å². The maximum absolute atomic E-state index is 2.17. The van der Waals surface area contributed by atoms with Crippen molar-refractivity contribution in [3.8, 4) is 0 Å². The van der Waals surface area contributed by atoms with Gasteiger partial charge in [-0.15, -0.1) is 5.30 Å². The molecule has 0 aliphatic carbocycles. The Hall–Kier alpha value is 0.650. The van der Waals surface area contributed by atoms with E-state index in [2.05, 4.69) is 25.7 Å². The predicted molar refractivity (Wildman–Crippen MR) is 35.1 cm³/mol. The molecule has 1 heterocycles. The summed E-state index contributed by atoms with van der Waals surface area (Å²) in [6, 6.07) is 2.16. The van der Waals surface area contributed by atoms with Crippen LogP contribution in [0.4, 0.5) is 0 Å². The van der Waals surface area contributed by atoms with E-state index in [4.69, 9.17) is 0 Å². The van der Waals surface area contributed by atoms with Crippen LogP contribution in [0.3, 0.4) is 0 Å². The van der Waals surface area contributed by atoms with Crippen molar-refractivity contribution in [1.29, 1.82) is 0 Å². The molecule has 1 aromatic heterocycles. The Bertz CT molecular complexity index is 145. The van der Waals surface area contributed by atoms with E-state index in [-0.39, 0.29) is 27.3 Å². The van der Waals surface area contributed by atoms with Crippen LogP contribution in [0.25, 0.3) is 0 Å². The summed E-state index contributed by atoms with van der Waals surface area (Å²) in [6.07, 6.45) is 0. The van der Waals surface area contributed by atoms with Gasteiger partial charge in [0.25, 0.3) is 0 Å². The smallest absolute Gasteiger partial charge is 0 e. The molecule has 0 N–H and O–H groups in total. The van der Waals surface area contributed by atoms with Gasteiger partial charge in [0.1, 0.15) is 0 Å². The molecule has 0 unspecified atom stereocenters. The van der Waals surface area contributed by atoms with Gasteiger partial charge in [0, 0.05) is 25.8 Å². The van der Waals surface area contributed by atoms with Crippen LogP contribution >= 0.6 is 8.19 Å². The third kappa shape index (κ3) is 1.87. The summed E-state index contributed by atoms with van der Waals surface area (Å²) in [5.74, 6) is 2.17. The summed E-state index contributed by atoms with van der Waals surface area (Å²) in [4.78, 5) is 0. The molecule has 0 spiro atoms. The van der Waals surface area contributed by atoms with Crippen LogP contribution in [0, 0.1) is 13.8 Å². The summed E-state index contributed by atoms with van der Waals surface area (Å²) in [5.41, 5.74) is 1.43. The van der Waals surface area contributed by atoms with Gasteiger partial charge in [-0.05, 0) is 0 Å². The van der Waals surface area contributed by atoms with Gasteiger partial charge in [-0.25, -0.2) is 14.3 Å². The second-order valence-electron chi connectivity index (χ2n) is 1.71. The van der Waals surface area contributed by atoms with E-state index in [1.54, 1.807) is 0 Å². The minimum Gasteiger partial charge on any atom is -1.00 e. The Balaban J connectivity index is 0. The summed E-state index contributed by atoms with van der Waals surface area (Å²) in [7, 11) is 1.38. The van der Waals surface area contributed by atoms with E-state index in [0.29, 0.717) is 0 Å². The first kappa shape index (κ1) is 8.65. The monoisotopic (exact) mass is 157 g/mol. The zero-order valence-electron chi connectivity index (χ0n) is 6.18. The van der Waals surface area contributed by atoms with Gasteiger partial charge in [-0.3, -0.25) is 0 Å². The first-order valence-electron chi connectivity index (χ1n) is 2.35. The Kier molecular flexibility index (Phi) is 3.93. The van der Waals surface area contributed by atoms with Crippen LogP contribution in [0.1, 0.15) is 12.3 Å². The van der Waals surface area contributed by atoms with Gasteiger partial charge in [0.05, 0.1) is 0 Å². The molecule has 0 bridgehead atoms. The molecule has 0 nitrogen and oxygen atoms in total. The van der Waals surface area contributed by atoms with Crippen LogP contribution in [0.15, 0.2) is 11.9 Å². The maximum Gasteiger partial charge on any atom is 0 e. The minimum atomic E-state index is 0. The molecule has 1 aromatic rings. The van der Waals surface area contributed by atoms with Crippen molar-refractivity contribution in [3.63, 3.8) is 0 Å². The molecule has 0 aromatic carbocycles. The largest absolute Gasteiger partial charge is 1.00 e. The van der Waals surface area contributed by atoms with Gasteiger partial charge < -0.3 is 1.43 Å². The fraction of sp³-hybridized carbons (Fsp3) is 0.333. The molecule has 43 valence electrons. The van der Waals surface area contributed by atoms with Crippen LogP contribution in [-0.4, -0.2) is 0 Å². The van der Waals surface area contributed by atoms with Crippen molar-refractivity contribution in [2.24, 2.45) is 0 Å². The fourth-order valence-electron chi connectivity index (χ4n) is 0.483. The molecule has 1 radical (unpaired) electrons. The molecule has 2 heteroatoms. The van der Waals surface area contributed by atoms with E-state index < -0.39 is 0 Å². The SMILES string of the molecule is Cc1ccp[c-]1C.[H-].[Sc]. The molecular weight excluding hydrogens is 148 g/mol. The molecule has 8 heavy (non-hydrogen) atoms. The molecule has 0 aliphatic heterocycles. The summed E-state index contributed by atoms with van der Waals surface area (Å²) in [6.45, 7) is 4.31. The van der Waals surface area contributed by atoms with Crippen LogP contribution in [-0.2, 0) is 25.8 Å². The van der Waals surface area contributed by atoms with Crippen molar-refractivity contribution >= 4 is 8.19 Å². The van der Waals surface area contributed by atoms with E-state index in [0.717, 1.165) is 0 Å². The van der Waals surface area contributed by atoms with Gasteiger partial charge in [-0.2, -0.15) is 11.4 Å². The summed E-state index contributed by atoms with van der Waals surface area (Å²) in [5, 5.41) is 1.49. The Morgan fingerprint density at radius 2 is 2.38 bits per heavy atom. The van der Waals surface area contributed by atoms with E-state index in [1.807, 2.05) is 0 Å². The Morgan fingerprint density at radius 3 is 2.50 bits per heavy atom. The zero-order valence-corrected chi connectivity index (χ0v) is 7.88. The van der Waals surface area contributed by atoms with E-state index in [1.165, 1.54) is 19.1 Å². The average Bonchev–Trinajstić information content (AvgIpc) is 1.91. The standard InChI is InChI=1S/C6H8P.Sc.H/c1-5-3-4-7-6(5)2;;/h3-4H,1-2H3;;/q-1;;-1. The van der Waals surface area contributed by atoms with Gasteiger partial charge in [0.2, 0.25) is 0 Å². The number of hydrogen-bond acceptors (Lipinski definition) is 0. The minimum absolute atomic E-state index is 0. The first-order chi connectivity index (χ1) is 3.30. The molecule has 0 atom stereocenters. The molecule has 0 aliphatic rings. The predicted octanol–water partition coefficient (Wildman–Crippen LogP) is 2.71. The number of aryl methyl sites for hydroxylation is 2. The van der Waals surface area contributed by atoms with Crippen molar-refractivity contribution < 1.29 is 27.3 Å². The molecule has 0 saturated heterocycles. The second kappa shape index (κ2) is 3.63. The van der Waals surface area contributed by atoms with Crippen molar-refractivity contribution in [2.75, 3.05) is 0 Å². The van der Waals surface area contributed by atoms with Gasteiger partial charge in [0.15, 0.2) is 0 Å². The summed E-state index contributed by atoms with van der Waals surface area (Å²) < 4.78 is 0. The van der Waals surface area contributed by atoms with Crippen LogP contribution in [0.2, 0.25) is 0 Å². The Labute approximate surface area is 72.0 Å². The number of hydrogen-bond donors (Lipinski definition) is 0. The third-order valence-electron chi connectivity index (χ3n) is 1.16. The van der Waals surface area contributed by atoms with Crippen LogP contribution < -0.4 is 0 Å². The topological polar surface area (TPSA) is 0 Å². The molecule has 1 rings (SSSR count). The normalized spacial score (nSPS) is 9.25.